The van der Waals surface area contributed by atoms with Gasteiger partial charge in [-0.1, -0.05) is 108 Å². The fourth-order valence-electron chi connectivity index (χ4n) is 5.39. The Morgan fingerprint density at radius 2 is 1.36 bits per heavy atom. The average molecular weight is 602 g/mol. The number of imidazole rings is 1. The number of aryl methyl sites for hydroxylation is 3. The monoisotopic (exact) mass is 601 g/mol. The highest BCUT2D eigenvalue weighted by Crippen LogP contribution is 2.37. The van der Waals surface area contributed by atoms with Crippen LogP contribution >= 0.6 is 0 Å². The Labute approximate surface area is 266 Å². The molecule has 0 radical (unpaired) electrons. The van der Waals surface area contributed by atoms with Crippen LogP contribution in [0.15, 0.2) is 97.1 Å². The molecule has 0 amide bonds. The molecule has 0 saturated carbocycles. The highest BCUT2D eigenvalue weighted by atomic mass is 16.5. The number of nitrogens with two attached hydrogens (primary N) is 1. The zero-order chi connectivity index (χ0) is 31.6. The third kappa shape index (κ3) is 8.43. The lowest BCUT2D eigenvalue weighted by Gasteiger charge is -2.15. The summed E-state index contributed by atoms with van der Waals surface area (Å²) in [6, 6.07) is 33.8. The molecule has 0 saturated heterocycles. The van der Waals surface area contributed by atoms with Crippen LogP contribution in [-0.4, -0.2) is 48.3 Å². The van der Waals surface area contributed by atoms with E-state index >= 15 is 0 Å². The van der Waals surface area contributed by atoms with Crippen molar-refractivity contribution in [3.05, 3.63) is 125 Å². The van der Waals surface area contributed by atoms with Gasteiger partial charge in [0.1, 0.15) is 5.82 Å². The molecule has 0 aliphatic carbocycles. The topological polar surface area (TPSA) is 79.4 Å². The predicted molar refractivity (Wildman–Crippen MR) is 183 cm³/mol. The van der Waals surface area contributed by atoms with Crippen LogP contribution in [0.4, 0.5) is 0 Å². The van der Waals surface area contributed by atoms with E-state index in [4.69, 9.17) is 20.2 Å². The molecule has 5 aromatic rings. The minimum Gasteiger partial charge on any atom is -0.379 e. The summed E-state index contributed by atoms with van der Waals surface area (Å²) < 4.78 is 13.2. The van der Waals surface area contributed by atoms with Crippen LogP contribution in [0.1, 0.15) is 45.5 Å². The zero-order valence-electron chi connectivity index (χ0n) is 26.6. The molecule has 0 aliphatic rings. The molecule has 232 valence electrons. The zero-order valence-corrected chi connectivity index (χ0v) is 26.6. The summed E-state index contributed by atoms with van der Waals surface area (Å²) in [6.07, 6.45) is 1.12. The van der Waals surface area contributed by atoms with E-state index in [0.717, 1.165) is 39.5 Å². The van der Waals surface area contributed by atoms with Crippen molar-refractivity contribution in [2.24, 2.45) is 5.73 Å². The normalized spacial score (nSPS) is 11.2. The van der Waals surface area contributed by atoms with E-state index < -0.39 is 0 Å². The van der Waals surface area contributed by atoms with E-state index in [-0.39, 0.29) is 5.78 Å². The van der Waals surface area contributed by atoms with Crippen molar-refractivity contribution in [2.45, 2.75) is 40.2 Å². The van der Waals surface area contributed by atoms with Crippen molar-refractivity contribution in [2.75, 3.05) is 33.0 Å². The molecule has 0 spiro atoms. The maximum absolute atomic E-state index is 12.9. The molecule has 0 atom stereocenters. The van der Waals surface area contributed by atoms with Crippen molar-refractivity contribution in [1.82, 2.24) is 9.55 Å². The van der Waals surface area contributed by atoms with E-state index in [1.54, 1.807) is 0 Å². The highest BCUT2D eigenvalue weighted by molar-refractivity contribution is 5.96. The lowest BCUT2D eigenvalue weighted by Crippen LogP contribution is -2.12. The number of hydrogen-bond acceptors (Lipinski definition) is 5. The van der Waals surface area contributed by atoms with E-state index in [0.29, 0.717) is 57.9 Å². The lowest BCUT2D eigenvalue weighted by atomic mass is 10.0. The van der Waals surface area contributed by atoms with Gasteiger partial charge in [0.2, 0.25) is 0 Å². The van der Waals surface area contributed by atoms with Gasteiger partial charge in [0.15, 0.2) is 5.78 Å². The first-order valence-electron chi connectivity index (χ1n) is 15.7. The Hall–Kier alpha value is -4.36. The van der Waals surface area contributed by atoms with Crippen LogP contribution in [-0.2, 0) is 16.0 Å². The molecule has 45 heavy (non-hydrogen) atoms. The number of benzene rings is 4. The number of ketones is 1. The standard InChI is InChI=1S/C39H43N3O3/c1-28-9-15-33(16-10-28)37-38(34-17-11-29(2)12-18-34)42(39(41-37)35-7-4-6-30(3)26-35)27-31-13-19-32(20-14-31)36(43)8-5-22-44-24-25-45-23-21-40/h4,6-7,9-20,26H,5,8,21-25,27,40H2,1-3H3. The molecule has 6 heteroatoms. The molecule has 1 aromatic heterocycles. The summed E-state index contributed by atoms with van der Waals surface area (Å²) in [5.74, 6) is 1.04. The fourth-order valence-corrected chi connectivity index (χ4v) is 5.39. The first-order chi connectivity index (χ1) is 21.9. The number of carbonyl (C=O) groups is 1. The number of hydrogen-bond donors (Lipinski definition) is 1. The van der Waals surface area contributed by atoms with Crippen LogP contribution in [0.3, 0.4) is 0 Å². The van der Waals surface area contributed by atoms with Gasteiger partial charge in [-0.25, -0.2) is 4.98 Å². The largest absolute Gasteiger partial charge is 0.379 e. The van der Waals surface area contributed by atoms with Gasteiger partial charge >= 0.3 is 0 Å². The van der Waals surface area contributed by atoms with Crippen molar-refractivity contribution >= 4 is 5.78 Å². The Kier molecular flexibility index (Phi) is 11.1. The van der Waals surface area contributed by atoms with E-state index in [1.165, 1.54) is 16.7 Å². The lowest BCUT2D eigenvalue weighted by molar-refractivity contribution is 0.0489. The summed E-state index contributed by atoms with van der Waals surface area (Å²) in [7, 11) is 0. The second kappa shape index (κ2) is 15.6. The predicted octanol–water partition coefficient (Wildman–Crippen LogP) is 7.81. The minimum absolute atomic E-state index is 0.120. The number of Topliss-reactive ketones (excluding diaryl/α,β-unsaturated/α-hetero) is 1. The smallest absolute Gasteiger partial charge is 0.162 e. The van der Waals surface area contributed by atoms with Gasteiger partial charge in [0, 0.05) is 48.4 Å². The maximum atomic E-state index is 12.9. The maximum Gasteiger partial charge on any atom is 0.162 e. The van der Waals surface area contributed by atoms with E-state index in [2.05, 4.69) is 110 Å². The van der Waals surface area contributed by atoms with Gasteiger partial charge in [-0.15, -0.1) is 0 Å². The molecule has 1 heterocycles. The molecule has 0 aliphatic heterocycles. The molecule has 0 bridgehead atoms. The Bertz CT molecular complexity index is 1690. The van der Waals surface area contributed by atoms with Crippen molar-refractivity contribution in [1.29, 1.82) is 0 Å². The van der Waals surface area contributed by atoms with Gasteiger partial charge in [0.05, 0.1) is 31.2 Å². The third-order valence-corrected chi connectivity index (χ3v) is 7.84. The second-order valence-corrected chi connectivity index (χ2v) is 11.6. The van der Waals surface area contributed by atoms with Crippen LogP contribution in [0.25, 0.3) is 33.9 Å². The third-order valence-electron chi connectivity index (χ3n) is 7.84. The molecule has 0 fully saturated rings. The van der Waals surface area contributed by atoms with Gasteiger partial charge in [0.25, 0.3) is 0 Å². The first-order valence-corrected chi connectivity index (χ1v) is 15.7. The summed E-state index contributed by atoms with van der Waals surface area (Å²) in [6.45, 7) is 9.53. The Balaban J connectivity index is 1.43. The molecule has 2 N–H and O–H groups in total. The van der Waals surface area contributed by atoms with Crippen LogP contribution in [0, 0.1) is 20.8 Å². The van der Waals surface area contributed by atoms with Crippen molar-refractivity contribution in [3.63, 3.8) is 0 Å². The van der Waals surface area contributed by atoms with E-state index in [9.17, 15) is 4.79 Å². The van der Waals surface area contributed by atoms with Gasteiger partial charge in [-0.2, -0.15) is 0 Å². The quantitative estimate of drug-likeness (QED) is 0.0978. The first kappa shape index (κ1) is 32.0. The van der Waals surface area contributed by atoms with Gasteiger partial charge in [-0.3, -0.25) is 4.79 Å². The summed E-state index contributed by atoms with van der Waals surface area (Å²) in [4.78, 5) is 18.2. The number of rotatable bonds is 15. The van der Waals surface area contributed by atoms with E-state index in [1.807, 2.05) is 12.1 Å². The second-order valence-electron chi connectivity index (χ2n) is 11.6. The summed E-state index contributed by atoms with van der Waals surface area (Å²) >= 11 is 0. The number of ether oxygens (including phenoxy) is 2. The number of nitrogens with zero attached hydrogens (tertiary/aromatic N) is 2. The molecule has 5 rings (SSSR count). The van der Waals surface area contributed by atoms with Crippen molar-refractivity contribution < 1.29 is 14.3 Å². The Morgan fingerprint density at radius 1 is 0.711 bits per heavy atom. The van der Waals surface area contributed by atoms with Crippen molar-refractivity contribution in [3.8, 4) is 33.9 Å². The SMILES string of the molecule is Cc1ccc(-c2nc(-c3cccc(C)c3)n(Cc3ccc(C(=O)CCCOCCOCCN)cc3)c2-c2ccc(C)cc2)cc1. The fraction of sp³-hybridized carbons (Fsp3) is 0.282. The Morgan fingerprint density at radius 3 is 2.00 bits per heavy atom. The van der Waals surface area contributed by atoms with Gasteiger partial charge in [-0.05, 0) is 38.8 Å². The molecule has 4 aromatic carbocycles. The molecule has 6 nitrogen and oxygen atoms in total. The number of aromatic nitrogens is 2. The molecule has 0 unspecified atom stereocenters. The van der Waals surface area contributed by atoms with Crippen LogP contribution in [0.5, 0.6) is 0 Å². The van der Waals surface area contributed by atoms with Crippen LogP contribution in [0.2, 0.25) is 0 Å². The van der Waals surface area contributed by atoms with Crippen LogP contribution < -0.4 is 5.73 Å². The number of carbonyl (C=O) groups excluding carboxylic acids is 1. The average Bonchev–Trinajstić information content (AvgIpc) is 3.42. The molecular weight excluding hydrogens is 558 g/mol. The highest BCUT2D eigenvalue weighted by Gasteiger charge is 2.22. The summed E-state index contributed by atoms with van der Waals surface area (Å²) in [5.41, 5.74) is 16.1. The van der Waals surface area contributed by atoms with Gasteiger partial charge < -0.3 is 19.8 Å². The summed E-state index contributed by atoms with van der Waals surface area (Å²) in [5, 5.41) is 0. The minimum atomic E-state index is 0.120. The molecular formula is C39H43N3O3.